The van der Waals surface area contributed by atoms with Gasteiger partial charge in [0.05, 0.1) is 7.11 Å². The van der Waals surface area contributed by atoms with E-state index in [1.165, 1.54) is 25.4 Å². The van der Waals surface area contributed by atoms with Gasteiger partial charge in [0.15, 0.2) is 5.43 Å². The highest BCUT2D eigenvalue weighted by Crippen LogP contribution is 1.90. The van der Waals surface area contributed by atoms with Crippen LogP contribution in [0.5, 0.6) is 0 Å². The summed E-state index contributed by atoms with van der Waals surface area (Å²) in [5, 5.41) is 0. The van der Waals surface area contributed by atoms with Crippen molar-refractivity contribution in [2.24, 2.45) is 0 Å². The van der Waals surface area contributed by atoms with Gasteiger partial charge in [0, 0.05) is 18.3 Å². The number of hydrogen-bond donors (Lipinski definition) is 1. The van der Waals surface area contributed by atoms with E-state index in [0.29, 0.717) is 0 Å². The van der Waals surface area contributed by atoms with Crippen molar-refractivity contribution in [1.82, 2.24) is 4.98 Å². The summed E-state index contributed by atoms with van der Waals surface area (Å²) < 4.78 is 4.38. The van der Waals surface area contributed by atoms with E-state index in [4.69, 9.17) is 0 Å². The third-order valence-corrected chi connectivity index (χ3v) is 1.18. The Morgan fingerprint density at radius 1 is 1.58 bits per heavy atom. The van der Waals surface area contributed by atoms with Crippen molar-refractivity contribution in [3.8, 4) is 0 Å². The molecule has 0 aliphatic heterocycles. The van der Waals surface area contributed by atoms with Crippen LogP contribution in [-0.4, -0.2) is 18.1 Å². The summed E-state index contributed by atoms with van der Waals surface area (Å²) in [5.41, 5.74) is -0.0517. The number of nitrogens with one attached hydrogen (secondary N) is 1. The van der Waals surface area contributed by atoms with Crippen molar-refractivity contribution in [2.75, 3.05) is 7.11 Å². The number of carbonyl (C=O) groups excluding carboxylic acids is 1. The minimum atomic E-state index is -0.539. The highest BCUT2D eigenvalue weighted by atomic mass is 16.5. The summed E-state index contributed by atoms with van der Waals surface area (Å²) in [6.45, 7) is 0. The number of rotatable bonds is 1. The van der Waals surface area contributed by atoms with E-state index >= 15 is 0 Å². The molecule has 0 spiro atoms. The molecule has 0 aliphatic carbocycles. The molecule has 12 heavy (non-hydrogen) atoms. The zero-order chi connectivity index (χ0) is 8.27. The third kappa shape index (κ3) is 2.23. The van der Waals surface area contributed by atoms with Crippen molar-refractivity contribution in [3.05, 3.63) is 34.2 Å². The van der Waals surface area contributed by atoms with Gasteiger partial charge in [0.2, 0.25) is 0 Å². The number of ether oxygens (including phenoxy) is 1. The standard InChI is InChI=1S/C7H7NO3.CH4/c1-11-7(10)6-4-5(9)2-3-8-6;/h2-4H,1H3,(H,8,9);1H4. The van der Waals surface area contributed by atoms with E-state index < -0.39 is 5.97 Å². The van der Waals surface area contributed by atoms with Gasteiger partial charge < -0.3 is 9.72 Å². The molecule has 0 radical (unpaired) electrons. The van der Waals surface area contributed by atoms with Gasteiger partial charge in [-0.2, -0.15) is 0 Å². The fourth-order valence-corrected chi connectivity index (χ4v) is 0.673. The van der Waals surface area contributed by atoms with Crippen LogP contribution in [-0.2, 0) is 4.74 Å². The van der Waals surface area contributed by atoms with E-state index in [0.717, 1.165) is 0 Å². The van der Waals surface area contributed by atoms with Crippen LogP contribution < -0.4 is 5.43 Å². The molecule has 0 unspecified atom stereocenters. The van der Waals surface area contributed by atoms with E-state index in [1.807, 2.05) is 0 Å². The molecule has 0 saturated carbocycles. The van der Waals surface area contributed by atoms with Crippen LogP contribution in [0.4, 0.5) is 0 Å². The summed E-state index contributed by atoms with van der Waals surface area (Å²) in [5.74, 6) is -0.539. The SMILES string of the molecule is C.COC(=O)c1cc(=O)cc[nH]1. The molecule has 1 aromatic heterocycles. The van der Waals surface area contributed by atoms with Gasteiger partial charge >= 0.3 is 5.97 Å². The lowest BCUT2D eigenvalue weighted by Crippen LogP contribution is -2.08. The molecular formula is C8H11NO3. The average Bonchev–Trinajstić information content (AvgIpc) is 2.03. The van der Waals surface area contributed by atoms with Gasteiger partial charge in [-0.25, -0.2) is 4.79 Å². The maximum atomic E-state index is 10.8. The molecule has 66 valence electrons. The van der Waals surface area contributed by atoms with Gasteiger partial charge in [0.25, 0.3) is 0 Å². The Kier molecular flexibility index (Phi) is 3.76. The largest absolute Gasteiger partial charge is 0.464 e. The zero-order valence-corrected chi connectivity index (χ0v) is 5.96. The van der Waals surface area contributed by atoms with Crippen LogP contribution >= 0.6 is 0 Å². The van der Waals surface area contributed by atoms with Crippen LogP contribution in [0.25, 0.3) is 0 Å². The molecule has 0 aromatic carbocycles. The Balaban J connectivity index is 0.00000121. The quantitative estimate of drug-likeness (QED) is 0.632. The minimum absolute atomic E-state index is 0. The van der Waals surface area contributed by atoms with Crippen LogP contribution in [0.1, 0.15) is 17.9 Å². The first-order chi connectivity index (χ1) is 5.24. The van der Waals surface area contributed by atoms with E-state index in [9.17, 15) is 9.59 Å². The van der Waals surface area contributed by atoms with Crippen LogP contribution in [0.15, 0.2) is 23.1 Å². The van der Waals surface area contributed by atoms with E-state index in [1.54, 1.807) is 0 Å². The highest BCUT2D eigenvalue weighted by molar-refractivity contribution is 5.86. The molecule has 0 saturated heterocycles. The Morgan fingerprint density at radius 3 is 2.75 bits per heavy atom. The molecule has 0 amide bonds. The van der Waals surface area contributed by atoms with Gasteiger partial charge in [0.1, 0.15) is 5.69 Å². The molecular weight excluding hydrogens is 158 g/mol. The lowest BCUT2D eigenvalue weighted by atomic mass is 10.3. The zero-order valence-electron chi connectivity index (χ0n) is 5.96. The number of H-pyrrole nitrogens is 1. The van der Waals surface area contributed by atoms with Gasteiger partial charge in [-0.15, -0.1) is 0 Å². The second-order valence-electron chi connectivity index (χ2n) is 1.93. The molecule has 0 bridgehead atoms. The Labute approximate surface area is 70.2 Å². The Hall–Kier alpha value is -1.58. The van der Waals surface area contributed by atoms with Crippen LogP contribution in [0.2, 0.25) is 0 Å². The lowest BCUT2D eigenvalue weighted by Gasteiger charge is -1.95. The van der Waals surface area contributed by atoms with Crippen LogP contribution in [0, 0.1) is 0 Å². The first-order valence-electron chi connectivity index (χ1n) is 3.01. The number of esters is 1. The first-order valence-corrected chi connectivity index (χ1v) is 3.01. The van der Waals surface area contributed by atoms with Crippen molar-refractivity contribution in [2.45, 2.75) is 7.43 Å². The predicted molar refractivity (Wildman–Crippen MR) is 45.1 cm³/mol. The minimum Gasteiger partial charge on any atom is -0.464 e. The molecule has 1 aromatic rings. The van der Waals surface area contributed by atoms with Crippen molar-refractivity contribution in [3.63, 3.8) is 0 Å². The molecule has 0 atom stereocenters. The lowest BCUT2D eigenvalue weighted by molar-refractivity contribution is 0.0594. The molecule has 0 fully saturated rings. The number of pyridine rings is 1. The van der Waals surface area contributed by atoms with Gasteiger partial charge in [-0.1, -0.05) is 7.43 Å². The maximum absolute atomic E-state index is 10.8. The number of aromatic amines is 1. The Bertz CT molecular complexity index is 316. The normalized spacial score (nSPS) is 8.42. The second kappa shape index (κ2) is 4.33. The van der Waals surface area contributed by atoms with Gasteiger partial charge in [-0.3, -0.25) is 4.79 Å². The molecule has 1 N–H and O–H groups in total. The number of hydrogen-bond acceptors (Lipinski definition) is 3. The van der Waals surface area contributed by atoms with Crippen molar-refractivity contribution in [1.29, 1.82) is 0 Å². The third-order valence-electron chi connectivity index (χ3n) is 1.18. The number of aromatic nitrogens is 1. The topological polar surface area (TPSA) is 59.2 Å². The fraction of sp³-hybridized carbons (Fsp3) is 0.250. The summed E-state index contributed by atoms with van der Waals surface area (Å²) in [7, 11) is 1.26. The second-order valence-corrected chi connectivity index (χ2v) is 1.93. The molecule has 1 heterocycles. The molecule has 0 aliphatic rings. The maximum Gasteiger partial charge on any atom is 0.354 e. The summed E-state index contributed by atoms with van der Waals surface area (Å²) in [4.78, 5) is 24.0. The highest BCUT2D eigenvalue weighted by Gasteiger charge is 2.03. The first kappa shape index (κ1) is 10.4. The van der Waals surface area contributed by atoms with Crippen LogP contribution in [0.3, 0.4) is 0 Å². The van der Waals surface area contributed by atoms with E-state index in [2.05, 4.69) is 9.72 Å². The smallest absolute Gasteiger partial charge is 0.354 e. The summed E-state index contributed by atoms with van der Waals surface area (Å²) >= 11 is 0. The summed E-state index contributed by atoms with van der Waals surface area (Å²) in [6.07, 6.45) is 1.40. The van der Waals surface area contributed by atoms with Gasteiger partial charge in [-0.05, 0) is 0 Å². The molecule has 4 heteroatoms. The van der Waals surface area contributed by atoms with Crippen molar-refractivity contribution < 1.29 is 9.53 Å². The van der Waals surface area contributed by atoms with Crippen molar-refractivity contribution >= 4 is 5.97 Å². The predicted octanol–water partition coefficient (Wildman–Crippen LogP) is 0.798. The Morgan fingerprint density at radius 2 is 2.25 bits per heavy atom. The van der Waals surface area contributed by atoms with E-state index in [-0.39, 0.29) is 18.5 Å². The number of carbonyl (C=O) groups is 1. The molecule has 4 nitrogen and oxygen atoms in total. The number of methoxy groups -OCH3 is 1. The molecule has 1 rings (SSSR count). The summed E-state index contributed by atoms with van der Waals surface area (Å²) in [6, 6.07) is 2.51. The fourth-order valence-electron chi connectivity index (χ4n) is 0.673. The average molecular weight is 169 g/mol. The monoisotopic (exact) mass is 169 g/mol.